The van der Waals surface area contributed by atoms with E-state index < -0.39 is 0 Å². The second-order valence-electron chi connectivity index (χ2n) is 4.31. The van der Waals surface area contributed by atoms with Crippen LogP contribution < -0.4 is 4.74 Å². The lowest BCUT2D eigenvalue weighted by Gasteiger charge is -2.17. The normalized spacial score (nSPS) is 16.2. The van der Waals surface area contributed by atoms with Gasteiger partial charge in [0.2, 0.25) is 0 Å². The molecule has 3 rings (SSSR count). The van der Waals surface area contributed by atoms with Crippen molar-refractivity contribution in [2.75, 3.05) is 13.4 Å². The fourth-order valence-electron chi connectivity index (χ4n) is 2.12. The molecule has 0 spiro atoms. The number of nitrogens with zero attached hydrogens (tertiary/aromatic N) is 1. The van der Waals surface area contributed by atoms with Crippen LogP contribution in [0.25, 0.3) is 0 Å². The van der Waals surface area contributed by atoms with Gasteiger partial charge in [-0.3, -0.25) is 10.1 Å². The van der Waals surface area contributed by atoms with Crippen molar-refractivity contribution in [1.29, 1.82) is 0 Å². The van der Waals surface area contributed by atoms with Crippen LogP contribution in [0.5, 0.6) is 5.75 Å². The molecule has 0 saturated carbocycles. The third-order valence-electron chi connectivity index (χ3n) is 3.17. The molecule has 0 fully saturated rings. The standard InChI is InChI=1S/C14H12NO3S2/c1-18-10-4-6-13-12(8-10)19-11-5-3-9(15(16)17)7-14(11)20(13)2/h3-8H,1-2H3/q+1. The first-order valence-corrected chi connectivity index (χ1v) is 8.35. The van der Waals surface area contributed by atoms with Crippen molar-refractivity contribution in [2.24, 2.45) is 0 Å². The Bertz CT molecular complexity index is 703. The zero-order valence-corrected chi connectivity index (χ0v) is 12.6. The average molecular weight is 306 g/mol. The second-order valence-corrected chi connectivity index (χ2v) is 7.30. The molecule has 0 saturated heterocycles. The van der Waals surface area contributed by atoms with Gasteiger partial charge in [-0.25, -0.2) is 0 Å². The maximum atomic E-state index is 10.9. The highest BCUT2D eigenvalue weighted by Gasteiger charge is 2.34. The number of methoxy groups -OCH3 is 1. The van der Waals surface area contributed by atoms with E-state index in [2.05, 4.69) is 6.26 Å². The van der Waals surface area contributed by atoms with Crippen molar-refractivity contribution in [3.8, 4) is 5.75 Å². The van der Waals surface area contributed by atoms with Crippen molar-refractivity contribution in [3.05, 3.63) is 46.5 Å². The van der Waals surface area contributed by atoms with Gasteiger partial charge in [-0.05, 0) is 24.3 Å². The minimum atomic E-state index is -0.342. The topological polar surface area (TPSA) is 52.4 Å². The van der Waals surface area contributed by atoms with Crippen LogP contribution in [0.3, 0.4) is 0 Å². The quantitative estimate of drug-likeness (QED) is 0.482. The van der Waals surface area contributed by atoms with E-state index in [0.29, 0.717) is 0 Å². The molecule has 1 aliphatic heterocycles. The van der Waals surface area contributed by atoms with Crippen LogP contribution in [0, 0.1) is 10.1 Å². The van der Waals surface area contributed by atoms with E-state index in [1.807, 2.05) is 24.3 Å². The number of hydrogen-bond acceptors (Lipinski definition) is 4. The minimum Gasteiger partial charge on any atom is -0.497 e. The largest absolute Gasteiger partial charge is 0.497 e. The van der Waals surface area contributed by atoms with Crippen molar-refractivity contribution in [1.82, 2.24) is 0 Å². The van der Waals surface area contributed by atoms with E-state index >= 15 is 0 Å². The molecular weight excluding hydrogens is 294 g/mol. The Balaban J connectivity index is 2.09. The van der Waals surface area contributed by atoms with Gasteiger partial charge in [0.05, 0.1) is 38.8 Å². The van der Waals surface area contributed by atoms with Gasteiger partial charge >= 0.3 is 0 Å². The lowest BCUT2D eigenvalue weighted by Crippen LogP contribution is -2.09. The number of ether oxygens (including phenoxy) is 1. The molecular formula is C14H12NO3S2+. The third kappa shape index (κ3) is 2.14. The molecule has 0 aromatic heterocycles. The Kier molecular flexibility index (Phi) is 3.35. The van der Waals surface area contributed by atoms with E-state index in [4.69, 9.17) is 4.74 Å². The number of rotatable bonds is 2. The van der Waals surface area contributed by atoms with E-state index in [-0.39, 0.29) is 21.5 Å². The fraction of sp³-hybridized carbons (Fsp3) is 0.143. The van der Waals surface area contributed by atoms with Crippen LogP contribution in [-0.4, -0.2) is 18.3 Å². The number of hydrogen-bond donors (Lipinski definition) is 0. The molecule has 0 N–H and O–H groups in total. The Morgan fingerprint density at radius 2 is 1.95 bits per heavy atom. The highest BCUT2D eigenvalue weighted by molar-refractivity contribution is 8.03. The van der Waals surface area contributed by atoms with E-state index in [9.17, 15) is 10.1 Å². The molecule has 0 aliphatic carbocycles. The van der Waals surface area contributed by atoms with Crippen LogP contribution in [0.4, 0.5) is 5.69 Å². The zero-order chi connectivity index (χ0) is 14.3. The highest BCUT2D eigenvalue weighted by Crippen LogP contribution is 2.46. The average Bonchev–Trinajstić information content (AvgIpc) is 2.46. The number of nitro benzene ring substituents is 1. The first kappa shape index (κ1) is 13.3. The molecule has 0 radical (unpaired) electrons. The maximum absolute atomic E-state index is 10.9. The Morgan fingerprint density at radius 1 is 1.15 bits per heavy atom. The predicted molar refractivity (Wildman–Crippen MR) is 80.0 cm³/mol. The molecule has 2 aromatic carbocycles. The molecule has 1 heterocycles. The minimum absolute atomic E-state index is 0.153. The molecule has 102 valence electrons. The second kappa shape index (κ2) is 5.03. The van der Waals surface area contributed by atoms with Crippen molar-refractivity contribution in [2.45, 2.75) is 19.6 Å². The van der Waals surface area contributed by atoms with Gasteiger partial charge in [0.1, 0.15) is 12.0 Å². The molecule has 1 unspecified atom stereocenters. The summed E-state index contributed by atoms with van der Waals surface area (Å²) in [6.07, 6.45) is 2.10. The van der Waals surface area contributed by atoms with Crippen LogP contribution in [0.1, 0.15) is 0 Å². The summed E-state index contributed by atoms with van der Waals surface area (Å²) < 4.78 is 5.25. The van der Waals surface area contributed by atoms with Crippen LogP contribution in [0.2, 0.25) is 0 Å². The van der Waals surface area contributed by atoms with Crippen molar-refractivity contribution < 1.29 is 9.66 Å². The number of non-ortho nitro benzene ring substituents is 1. The first-order chi connectivity index (χ1) is 9.60. The molecule has 0 amide bonds. The van der Waals surface area contributed by atoms with Crippen molar-refractivity contribution in [3.63, 3.8) is 0 Å². The lowest BCUT2D eigenvalue weighted by molar-refractivity contribution is -0.385. The Hall–Kier alpha value is -1.66. The van der Waals surface area contributed by atoms with Crippen LogP contribution in [-0.2, 0) is 10.9 Å². The van der Waals surface area contributed by atoms with E-state index in [0.717, 1.165) is 20.4 Å². The van der Waals surface area contributed by atoms with Crippen molar-refractivity contribution >= 4 is 28.3 Å². The lowest BCUT2D eigenvalue weighted by atomic mass is 10.3. The molecule has 2 aromatic rings. The zero-order valence-electron chi connectivity index (χ0n) is 11.0. The highest BCUT2D eigenvalue weighted by atomic mass is 32.2. The summed E-state index contributed by atoms with van der Waals surface area (Å²) >= 11 is 1.64. The van der Waals surface area contributed by atoms with Crippen LogP contribution >= 0.6 is 11.8 Å². The number of fused-ring (bicyclic) bond motifs is 2. The Morgan fingerprint density at radius 3 is 2.65 bits per heavy atom. The summed E-state index contributed by atoms with van der Waals surface area (Å²) in [6.45, 7) is 0. The Labute approximate surface area is 123 Å². The molecule has 0 bridgehead atoms. The third-order valence-corrected chi connectivity index (χ3v) is 6.57. The number of nitro groups is 1. The summed E-state index contributed by atoms with van der Waals surface area (Å²) in [5.41, 5.74) is 0.153. The molecule has 1 aliphatic rings. The summed E-state index contributed by atoms with van der Waals surface area (Å²) in [7, 11) is 1.49. The van der Waals surface area contributed by atoms with E-state index in [1.165, 1.54) is 4.90 Å². The monoisotopic (exact) mass is 306 g/mol. The van der Waals surface area contributed by atoms with Crippen LogP contribution in [0.15, 0.2) is 56.0 Å². The first-order valence-electron chi connectivity index (χ1n) is 5.90. The maximum Gasteiger partial charge on any atom is 0.274 e. The van der Waals surface area contributed by atoms with Gasteiger partial charge < -0.3 is 4.74 Å². The fourth-order valence-corrected chi connectivity index (χ4v) is 5.53. The van der Waals surface area contributed by atoms with Gasteiger partial charge in [-0.15, -0.1) is 0 Å². The van der Waals surface area contributed by atoms with E-state index in [1.54, 1.807) is 31.0 Å². The summed E-state index contributed by atoms with van der Waals surface area (Å²) in [4.78, 5) is 15.1. The molecule has 4 nitrogen and oxygen atoms in total. The number of benzene rings is 2. The molecule has 6 heteroatoms. The van der Waals surface area contributed by atoms with Gasteiger partial charge in [0.15, 0.2) is 9.79 Å². The summed E-state index contributed by atoms with van der Waals surface area (Å²) in [5, 5.41) is 10.9. The van der Waals surface area contributed by atoms with Gasteiger partial charge in [-0.1, -0.05) is 11.8 Å². The van der Waals surface area contributed by atoms with Gasteiger partial charge in [0.25, 0.3) is 5.69 Å². The SMILES string of the molecule is COc1ccc2c(c1)Sc1ccc([N+](=O)[O-])cc1[S+]2C. The summed E-state index contributed by atoms with van der Waals surface area (Å²) in [6, 6.07) is 11.1. The molecule has 1 atom stereocenters. The summed E-state index contributed by atoms with van der Waals surface area (Å²) in [5.74, 6) is 0.832. The van der Waals surface area contributed by atoms with Gasteiger partial charge in [0, 0.05) is 6.07 Å². The van der Waals surface area contributed by atoms with Gasteiger partial charge in [-0.2, -0.15) is 0 Å². The predicted octanol–water partition coefficient (Wildman–Crippen LogP) is 3.73. The molecule has 20 heavy (non-hydrogen) atoms. The smallest absolute Gasteiger partial charge is 0.274 e.